The zero-order valence-electron chi connectivity index (χ0n) is 18.7. The molecule has 13 heteroatoms. The van der Waals surface area contributed by atoms with E-state index in [1.54, 1.807) is 12.1 Å². The Kier molecular flexibility index (Phi) is 6.71. The number of nitrogens with one attached hydrogen (secondary N) is 2. The molecule has 1 saturated heterocycles. The van der Waals surface area contributed by atoms with Crippen molar-refractivity contribution in [2.24, 2.45) is 0 Å². The van der Waals surface area contributed by atoms with Gasteiger partial charge in [0.1, 0.15) is 5.82 Å². The average molecular weight is 503 g/mol. The third kappa shape index (κ3) is 5.10. The van der Waals surface area contributed by atoms with Crippen LogP contribution < -0.4 is 15.8 Å². The summed E-state index contributed by atoms with van der Waals surface area (Å²) in [5, 5.41) is 2.48. The summed E-state index contributed by atoms with van der Waals surface area (Å²) in [6.07, 6.45) is 1.27. The number of rotatable bonds is 5. The minimum Gasteiger partial charge on any atom is -0.378 e. The second-order valence-corrected chi connectivity index (χ2v) is 9.15. The van der Waals surface area contributed by atoms with Crippen LogP contribution in [0.1, 0.15) is 11.1 Å². The van der Waals surface area contributed by atoms with Crippen LogP contribution >= 0.6 is 0 Å². The Bertz CT molecular complexity index is 1430. The SMILES string of the molecule is CNC(=O)C=C(c1cccc(F)c1)c1ccc2nc(N)n(S(=O)(=O)NC(=O)N3CCOCC3)c2c1. The molecule has 4 N–H and O–H groups in total. The standard InChI is InChI=1S/C22H23FN6O5S/c1-25-20(30)13-17(14-3-2-4-16(23)11-14)15-5-6-18-19(12-15)29(21(24)26-18)35(32,33)27-22(31)28-7-9-34-10-8-28/h2-6,11-13H,7-10H2,1H3,(H2,24,26)(H,25,30)(H,27,31). The molecule has 35 heavy (non-hydrogen) atoms. The van der Waals surface area contributed by atoms with Gasteiger partial charge in [0, 0.05) is 26.2 Å². The van der Waals surface area contributed by atoms with Gasteiger partial charge >= 0.3 is 16.2 Å². The van der Waals surface area contributed by atoms with Crippen molar-refractivity contribution in [3.8, 4) is 0 Å². The van der Waals surface area contributed by atoms with Gasteiger partial charge in [-0.05, 0) is 41.0 Å². The van der Waals surface area contributed by atoms with E-state index in [2.05, 4.69) is 10.3 Å². The van der Waals surface area contributed by atoms with Crippen molar-refractivity contribution in [3.63, 3.8) is 0 Å². The van der Waals surface area contributed by atoms with Crippen molar-refractivity contribution >= 4 is 44.7 Å². The highest BCUT2D eigenvalue weighted by Gasteiger charge is 2.27. The molecule has 1 aromatic heterocycles. The normalized spacial score (nSPS) is 14.7. The first kappa shape index (κ1) is 24.2. The number of imidazole rings is 1. The molecule has 2 heterocycles. The van der Waals surface area contributed by atoms with E-state index in [0.717, 1.165) is 0 Å². The fourth-order valence-corrected chi connectivity index (χ4v) is 4.81. The van der Waals surface area contributed by atoms with Crippen molar-refractivity contribution in [2.75, 3.05) is 39.1 Å². The largest absolute Gasteiger partial charge is 0.378 e. The van der Waals surface area contributed by atoms with E-state index in [1.165, 1.54) is 48.4 Å². The molecule has 1 aliphatic heterocycles. The quantitative estimate of drug-likeness (QED) is 0.442. The zero-order valence-corrected chi connectivity index (χ0v) is 19.5. The summed E-state index contributed by atoms with van der Waals surface area (Å²) in [5.41, 5.74) is 7.37. The van der Waals surface area contributed by atoms with Gasteiger partial charge < -0.3 is 20.7 Å². The molecule has 1 aliphatic rings. The second kappa shape index (κ2) is 9.72. The first-order chi connectivity index (χ1) is 16.7. The Morgan fingerprint density at radius 1 is 1.14 bits per heavy atom. The van der Waals surface area contributed by atoms with E-state index in [9.17, 15) is 22.4 Å². The number of anilines is 1. The number of fused-ring (bicyclic) bond motifs is 1. The Morgan fingerprint density at radius 3 is 2.54 bits per heavy atom. The molecular formula is C22H23FN6O5S. The predicted octanol–water partition coefficient (Wildman–Crippen LogP) is 1.07. The van der Waals surface area contributed by atoms with Crippen molar-refractivity contribution in [1.29, 1.82) is 0 Å². The van der Waals surface area contributed by atoms with Gasteiger partial charge in [0.25, 0.3) is 0 Å². The molecule has 3 aromatic rings. The Labute approximate surface area is 200 Å². The lowest BCUT2D eigenvalue weighted by atomic mass is 9.97. The molecule has 4 rings (SSSR count). The number of benzene rings is 2. The number of nitrogens with zero attached hydrogens (tertiary/aromatic N) is 3. The summed E-state index contributed by atoms with van der Waals surface area (Å²) in [6, 6.07) is 9.41. The minimum absolute atomic E-state index is 0.0708. The molecular weight excluding hydrogens is 479 g/mol. The highest BCUT2D eigenvalue weighted by atomic mass is 32.2. The molecule has 184 valence electrons. The van der Waals surface area contributed by atoms with E-state index >= 15 is 0 Å². The summed E-state index contributed by atoms with van der Waals surface area (Å²) in [4.78, 5) is 30.1. The molecule has 0 aliphatic carbocycles. The van der Waals surface area contributed by atoms with E-state index in [1.807, 2.05) is 4.72 Å². The van der Waals surface area contributed by atoms with Crippen LogP contribution in [0.3, 0.4) is 0 Å². The van der Waals surface area contributed by atoms with E-state index < -0.39 is 28.0 Å². The van der Waals surface area contributed by atoms with Crippen LogP contribution in [0.25, 0.3) is 16.6 Å². The fraction of sp³-hybridized carbons (Fsp3) is 0.227. The highest BCUT2D eigenvalue weighted by molar-refractivity contribution is 7.88. The molecule has 0 unspecified atom stereocenters. The van der Waals surface area contributed by atoms with Crippen molar-refractivity contribution < 1.29 is 27.1 Å². The number of morpholine rings is 1. The number of nitrogens with two attached hydrogens (primary N) is 1. The number of hydrogen-bond acceptors (Lipinski definition) is 7. The van der Waals surface area contributed by atoms with Crippen LogP contribution in [0.4, 0.5) is 15.1 Å². The first-order valence-corrected chi connectivity index (χ1v) is 12.0. The summed E-state index contributed by atoms with van der Waals surface area (Å²) in [6.45, 7) is 1.08. The smallest absolute Gasteiger partial charge is 0.334 e. The lowest BCUT2D eigenvalue weighted by molar-refractivity contribution is -0.116. The molecule has 1 fully saturated rings. The van der Waals surface area contributed by atoms with Gasteiger partial charge in [-0.2, -0.15) is 12.4 Å². The number of carbonyl (C=O) groups is 2. The van der Waals surface area contributed by atoms with Crippen LogP contribution in [0.15, 0.2) is 48.5 Å². The predicted molar refractivity (Wildman–Crippen MR) is 127 cm³/mol. The van der Waals surface area contributed by atoms with Crippen LogP contribution in [0.2, 0.25) is 0 Å². The second-order valence-electron chi connectivity index (χ2n) is 7.63. The van der Waals surface area contributed by atoms with E-state index in [4.69, 9.17) is 10.5 Å². The lowest BCUT2D eigenvalue weighted by Crippen LogP contribution is -2.49. The van der Waals surface area contributed by atoms with Crippen LogP contribution in [-0.2, 0) is 19.7 Å². The van der Waals surface area contributed by atoms with Gasteiger partial charge in [-0.1, -0.05) is 18.2 Å². The van der Waals surface area contributed by atoms with Gasteiger partial charge in [-0.15, -0.1) is 0 Å². The Hall–Kier alpha value is -3.97. The summed E-state index contributed by atoms with van der Waals surface area (Å²) >= 11 is 0. The third-order valence-electron chi connectivity index (χ3n) is 5.36. The molecule has 0 saturated carbocycles. The van der Waals surface area contributed by atoms with Crippen LogP contribution in [0.5, 0.6) is 0 Å². The maximum atomic E-state index is 13.9. The molecule has 0 radical (unpaired) electrons. The number of amides is 3. The average Bonchev–Trinajstić information content (AvgIpc) is 3.18. The molecule has 3 amide bonds. The van der Waals surface area contributed by atoms with Gasteiger partial charge in [-0.3, -0.25) is 4.79 Å². The van der Waals surface area contributed by atoms with E-state index in [-0.39, 0.29) is 30.1 Å². The monoisotopic (exact) mass is 502 g/mol. The number of likely N-dealkylation sites (N-methyl/N-ethyl adjacent to an activating group) is 1. The first-order valence-electron chi connectivity index (χ1n) is 10.6. The topological polar surface area (TPSA) is 149 Å². The Balaban J connectivity index is 1.79. The summed E-state index contributed by atoms with van der Waals surface area (Å²) < 4.78 is 48.1. The number of hydrogen-bond donors (Lipinski definition) is 3. The minimum atomic E-state index is -4.48. The maximum absolute atomic E-state index is 13.9. The van der Waals surface area contributed by atoms with Gasteiger partial charge in [-0.25, -0.2) is 18.9 Å². The van der Waals surface area contributed by atoms with Gasteiger partial charge in [0.2, 0.25) is 11.9 Å². The molecule has 0 spiro atoms. The number of ether oxygens (including phenoxy) is 1. The summed E-state index contributed by atoms with van der Waals surface area (Å²) in [7, 11) is -3.03. The molecule has 0 atom stereocenters. The van der Waals surface area contributed by atoms with Crippen molar-refractivity contribution in [3.05, 3.63) is 65.5 Å². The lowest BCUT2D eigenvalue weighted by Gasteiger charge is -2.26. The van der Waals surface area contributed by atoms with Gasteiger partial charge in [0.15, 0.2) is 0 Å². The maximum Gasteiger partial charge on any atom is 0.334 e. The molecule has 0 bridgehead atoms. The number of urea groups is 1. The number of aromatic nitrogens is 2. The van der Waals surface area contributed by atoms with Crippen molar-refractivity contribution in [2.45, 2.75) is 0 Å². The van der Waals surface area contributed by atoms with Crippen LogP contribution in [-0.4, -0.2) is 67.6 Å². The number of halogens is 1. The fourth-order valence-electron chi connectivity index (χ4n) is 3.67. The van der Waals surface area contributed by atoms with E-state index in [0.29, 0.717) is 33.9 Å². The van der Waals surface area contributed by atoms with Crippen LogP contribution in [0, 0.1) is 5.82 Å². The Morgan fingerprint density at radius 2 is 1.86 bits per heavy atom. The number of nitrogen functional groups attached to an aromatic ring is 1. The van der Waals surface area contributed by atoms with Crippen molar-refractivity contribution in [1.82, 2.24) is 23.9 Å². The third-order valence-corrected chi connectivity index (χ3v) is 6.66. The number of carbonyl (C=O) groups excluding carboxylic acids is 2. The molecule has 2 aromatic carbocycles. The zero-order chi connectivity index (χ0) is 25.2. The molecule has 11 nitrogen and oxygen atoms in total. The highest BCUT2D eigenvalue weighted by Crippen LogP contribution is 2.29. The summed E-state index contributed by atoms with van der Waals surface area (Å²) in [5.74, 6) is -1.31. The van der Waals surface area contributed by atoms with Gasteiger partial charge in [0.05, 0.1) is 24.2 Å².